The van der Waals surface area contributed by atoms with E-state index in [9.17, 15) is 4.79 Å². The van der Waals surface area contributed by atoms with E-state index in [4.69, 9.17) is 49.7 Å². The Labute approximate surface area is 307 Å². The molecule has 0 saturated carbocycles. The summed E-state index contributed by atoms with van der Waals surface area (Å²) < 4.78 is 92.3. The lowest BCUT2D eigenvalue weighted by Crippen LogP contribution is -2.46. The van der Waals surface area contributed by atoms with Crippen molar-refractivity contribution in [2.45, 2.75) is 44.5 Å². The van der Waals surface area contributed by atoms with Gasteiger partial charge < -0.3 is 24.0 Å². The number of hydrogen-bond donors (Lipinski definition) is 0. The number of rotatable bonds is 11. The number of benzene rings is 3. The predicted molar refractivity (Wildman–Crippen MR) is 188 cm³/mol. The van der Waals surface area contributed by atoms with Crippen LogP contribution in [0.25, 0.3) is 5.69 Å². The third kappa shape index (κ3) is 7.04. The van der Waals surface area contributed by atoms with Gasteiger partial charge in [0.15, 0.2) is 0 Å². The van der Waals surface area contributed by atoms with Crippen molar-refractivity contribution >= 4 is 34.6 Å². The first-order valence-electron chi connectivity index (χ1n) is 19.9. The summed E-state index contributed by atoms with van der Waals surface area (Å²) in [4.78, 5) is 21.8. The number of ether oxygens (including phenoxy) is 3. The topological polar surface area (TPSA) is 105 Å². The summed E-state index contributed by atoms with van der Waals surface area (Å²) in [5.41, 5.74) is 1.61. The molecule has 2 fully saturated rings. The molecule has 5 aromatic rings. The van der Waals surface area contributed by atoms with Crippen LogP contribution in [-0.2, 0) is 21.8 Å². The fraction of sp³-hybridized carbons (Fsp3) is 0.371. The quantitative estimate of drug-likeness (QED) is 0.174. The van der Waals surface area contributed by atoms with Crippen molar-refractivity contribution in [1.82, 2.24) is 29.1 Å². The Kier molecular flexibility index (Phi) is 6.95. The first kappa shape index (κ1) is 23.9. The molecule has 2 saturated heterocycles. The molecule has 1 unspecified atom stereocenters. The third-order valence-electron chi connectivity index (χ3n) is 8.45. The number of hydrogen-bond acceptors (Lipinski definition) is 9. The zero-order valence-corrected chi connectivity index (χ0v) is 27.6. The maximum absolute atomic E-state index is 13.3. The molecule has 49 heavy (non-hydrogen) atoms. The molecule has 2 aliphatic rings. The van der Waals surface area contributed by atoms with Gasteiger partial charge >= 0.3 is 5.69 Å². The van der Waals surface area contributed by atoms with E-state index in [1.54, 1.807) is 53.5 Å². The summed E-state index contributed by atoms with van der Waals surface area (Å²) in [6, 6.07) is 16.2. The van der Waals surface area contributed by atoms with Gasteiger partial charge in [0.25, 0.3) is 0 Å². The second-order valence-electron chi connectivity index (χ2n) is 11.5. The van der Waals surface area contributed by atoms with Crippen LogP contribution in [0.4, 0.5) is 11.4 Å². The van der Waals surface area contributed by atoms with Gasteiger partial charge in [-0.2, -0.15) is 10.2 Å². The standard InChI is InChI=1S/C35H38Cl2N8O4/c1-3-25(2)45-34(46)44(24-40-45)29-7-5-27(6-8-29)41-14-16-42(17-15-41)28-9-11-30(12-10-28)47-19-31-20-48-35(49-31,21-43-23-38-22-39-43)32-13-4-26(36)18-33(32)37/h4-13,18,22-25,31H,3,14-17,19-21H2,1-2H3/t25?,31-,35-/m0/s1/i1D3,2D3,3D2,25D. The van der Waals surface area contributed by atoms with Crippen LogP contribution in [0.15, 0.2) is 90.5 Å². The lowest BCUT2D eigenvalue weighted by molar-refractivity contribution is -0.190. The average Bonchev–Trinajstić information content (AvgIpc) is 3.94. The molecule has 0 N–H and O–H groups in total. The highest BCUT2D eigenvalue weighted by molar-refractivity contribution is 6.35. The van der Waals surface area contributed by atoms with Crippen LogP contribution in [0.5, 0.6) is 5.75 Å². The second-order valence-corrected chi connectivity index (χ2v) is 12.3. The molecule has 0 spiro atoms. The first-order chi connectivity index (χ1) is 27.3. The van der Waals surface area contributed by atoms with Crippen LogP contribution >= 0.6 is 23.2 Å². The highest BCUT2D eigenvalue weighted by Crippen LogP contribution is 2.40. The molecule has 0 amide bonds. The van der Waals surface area contributed by atoms with E-state index in [-0.39, 0.29) is 30.1 Å². The summed E-state index contributed by atoms with van der Waals surface area (Å²) in [5, 5.41) is 8.81. The average molecular weight is 715 g/mol. The zero-order chi connectivity index (χ0) is 41.7. The van der Waals surface area contributed by atoms with E-state index in [1.807, 2.05) is 24.3 Å². The Hall–Kier alpha value is -4.36. The SMILES string of the molecule is [2H]C([2H])([2H])C([2H])([2H])C([2H])(n1ncn(-c2ccc(N3CCN(c4ccc(OC[C@H]5CO[C@](Cn6cncn6)(c6ccc(Cl)cc6Cl)O5)cc4)CC3)cc2)c1=O)C([2H])([2H])[2H]. The minimum absolute atomic E-state index is 0.0872. The minimum Gasteiger partial charge on any atom is -0.491 e. The number of halogens is 2. The van der Waals surface area contributed by atoms with E-state index >= 15 is 0 Å². The molecule has 14 heteroatoms. The molecule has 2 aliphatic heterocycles. The van der Waals surface area contributed by atoms with Crippen LogP contribution in [0.2, 0.25) is 10.0 Å². The molecular weight excluding hydrogens is 667 g/mol. The fourth-order valence-corrected chi connectivity index (χ4v) is 6.51. The molecule has 2 aromatic heterocycles. The maximum atomic E-state index is 13.3. The van der Waals surface area contributed by atoms with Gasteiger partial charge in [-0.1, -0.05) is 36.1 Å². The molecule has 256 valence electrons. The summed E-state index contributed by atoms with van der Waals surface area (Å²) in [6.45, 7) is -3.58. The van der Waals surface area contributed by atoms with Crippen LogP contribution in [0.3, 0.4) is 0 Å². The molecule has 0 bridgehead atoms. The lowest BCUT2D eigenvalue weighted by atomic mass is 10.1. The van der Waals surface area contributed by atoms with Crippen molar-refractivity contribution in [2.75, 3.05) is 49.2 Å². The lowest BCUT2D eigenvalue weighted by Gasteiger charge is -2.37. The van der Waals surface area contributed by atoms with E-state index in [0.29, 0.717) is 34.4 Å². The summed E-state index contributed by atoms with van der Waals surface area (Å²) in [7, 11) is 0. The number of anilines is 2. The molecule has 0 aliphatic carbocycles. The Morgan fingerprint density at radius 3 is 2.37 bits per heavy atom. The Bertz CT molecular complexity index is 2270. The highest BCUT2D eigenvalue weighted by atomic mass is 35.5. The monoisotopic (exact) mass is 713 g/mol. The van der Waals surface area contributed by atoms with Gasteiger partial charge in [0.05, 0.1) is 24.7 Å². The van der Waals surface area contributed by atoms with Crippen molar-refractivity contribution in [3.63, 3.8) is 0 Å². The molecule has 3 atom stereocenters. The van der Waals surface area contributed by atoms with Gasteiger partial charge in [0.2, 0.25) is 5.79 Å². The number of piperazine rings is 1. The van der Waals surface area contributed by atoms with Gasteiger partial charge in [0.1, 0.15) is 44.0 Å². The van der Waals surface area contributed by atoms with E-state index in [0.717, 1.165) is 35.4 Å². The van der Waals surface area contributed by atoms with Crippen LogP contribution in [-0.4, -0.2) is 74.6 Å². The Morgan fingerprint density at radius 2 is 1.71 bits per heavy atom. The third-order valence-corrected chi connectivity index (χ3v) is 9.00. The van der Waals surface area contributed by atoms with Crippen molar-refractivity contribution in [2.24, 2.45) is 0 Å². The van der Waals surface area contributed by atoms with Crippen LogP contribution in [0.1, 0.15) is 44.0 Å². The minimum atomic E-state index is -3.65. The van der Waals surface area contributed by atoms with Gasteiger partial charge in [-0.25, -0.2) is 23.7 Å². The second kappa shape index (κ2) is 14.2. The Balaban J connectivity index is 0.948. The molecule has 4 heterocycles. The Morgan fingerprint density at radius 1 is 1.00 bits per heavy atom. The van der Waals surface area contributed by atoms with Gasteiger partial charge in [-0.15, -0.1) is 0 Å². The molecule has 7 rings (SSSR count). The molecular formula is C35H38Cl2N8O4. The molecule has 0 radical (unpaired) electrons. The number of nitrogens with zero attached hydrogens (tertiary/aromatic N) is 8. The largest absolute Gasteiger partial charge is 0.491 e. The van der Waals surface area contributed by atoms with E-state index < -0.39 is 43.7 Å². The summed E-state index contributed by atoms with van der Waals surface area (Å²) in [6.07, 6.45) is -0.107. The smallest absolute Gasteiger partial charge is 0.350 e. The normalized spacial score (nSPS) is 24.3. The van der Waals surface area contributed by atoms with Crippen molar-refractivity contribution in [1.29, 1.82) is 0 Å². The maximum Gasteiger partial charge on any atom is 0.350 e. The van der Waals surface area contributed by atoms with Crippen molar-refractivity contribution in [3.05, 3.63) is 112 Å². The van der Waals surface area contributed by atoms with E-state index in [2.05, 4.69) is 25.0 Å². The van der Waals surface area contributed by atoms with Gasteiger partial charge in [-0.3, -0.25) is 0 Å². The van der Waals surface area contributed by atoms with E-state index in [1.165, 1.54) is 6.33 Å². The first-order valence-corrected chi connectivity index (χ1v) is 16.2. The summed E-state index contributed by atoms with van der Waals surface area (Å²) >= 11 is 12.7. The fourth-order valence-electron chi connectivity index (χ4n) is 5.96. The molecule has 3 aromatic carbocycles. The zero-order valence-electron chi connectivity index (χ0n) is 35.1. The van der Waals surface area contributed by atoms with Crippen LogP contribution < -0.4 is 20.2 Å². The van der Waals surface area contributed by atoms with Crippen molar-refractivity contribution < 1.29 is 26.5 Å². The highest BCUT2D eigenvalue weighted by Gasteiger charge is 2.45. The van der Waals surface area contributed by atoms with Crippen molar-refractivity contribution in [3.8, 4) is 11.4 Å². The summed E-state index contributed by atoms with van der Waals surface area (Å²) in [5.74, 6) is -0.554. The van der Waals surface area contributed by atoms with Crippen LogP contribution in [0, 0.1) is 0 Å². The number of aromatic nitrogens is 6. The van der Waals surface area contributed by atoms with Gasteiger partial charge in [-0.05, 0) is 73.9 Å². The van der Waals surface area contributed by atoms with Gasteiger partial charge in [0, 0.05) is 59.1 Å². The molecule has 12 nitrogen and oxygen atoms in total. The predicted octanol–water partition coefficient (Wildman–Crippen LogP) is 5.58.